The summed E-state index contributed by atoms with van der Waals surface area (Å²) in [5.41, 5.74) is 1.74. The summed E-state index contributed by atoms with van der Waals surface area (Å²) in [6.45, 7) is 0.396. The molecule has 0 aliphatic carbocycles. The molecule has 0 aliphatic heterocycles. The smallest absolute Gasteiger partial charge is 0.317 e. The van der Waals surface area contributed by atoms with E-state index in [1.807, 2.05) is 36.4 Å². The van der Waals surface area contributed by atoms with E-state index in [-0.39, 0.29) is 6.54 Å². The van der Waals surface area contributed by atoms with Gasteiger partial charge in [0.1, 0.15) is 5.69 Å². The zero-order valence-corrected chi connectivity index (χ0v) is 10.0. The minimum Gasteiger partial charge on any atom is -0.480 e. The molecule has 0 atom stereocenters. The molecule has 0 saturated heterocycles. The number of aromatic nitrogens is 1. The minimum atomic E-state index is -0.861. The Balaban J connectivity index is 2.05. The highest BCUT2D eigenvalue weighted by atomic mass is 16.5. The molecule has 1 aromatic heterocycles. The Morgan fingerprint density at radius 2 is 2.11 bits per heavy atom. The van der Waals surface area contributed by atoms with Crippen molar-refractivity contribution in [1.29, 1.82) is 0 Å². The lowest BCUT2D eigenvalue weighted by Crippen LogP contribution is -2.24. The molecule has 5 nitrogen and oxygen atoms in total. The van der Waals surface area contributed by atoms with Crippen molar-refractivity contribution in [2.75, 3.05) is 13.6 Å². The molecule has 0 spiro atoms. The molecule has 1 aromatic carbocycles. The van der Waals surface area contributed by atoms with Gasteiger partial charge in [-0.3, -0.25) is 9.69 Å². The van der Waals surface area contributed by atoms with Gasteiger partial charge in [0.15, 0.2) is 5.76 Å². The van der Waals surface area contributed by atoms with Gasteiger partial charge in [-0.15, -0.1) is 0 Å². The number of carbonyl (C=O) groups is 1. The van der Waals surface area contributed by atoms with Crippen LogP contribution in [0.5, 0.6) is 0 Å². The fraction of sp³-hybridized carbons (Fsp3) is 0.231. The fourth-order valence-electron chi connectivity index (χ4n) is 1.69. The Labute approximate surface area is 105 Å². The first-order valence-corrected chi connectivity index (χ1v) is 5.56. The average molecular weight is 246 g/mol. The maximum atomic E-state index is 10.5. The van der Waals surface area contributed by atoms with Gasteiger partial charge in [0, 0.05) is 11.6 Å². The molecule has 2 rings (SSSR count). The lowest BCUT2D eigenvalue weighted by atomic mass is 10.1. The lowest BCUT2D eigenvalue weighted by molar-refractivity contribution is -0.138. The predicted octanol–water partition coefficient (Wildman–Crippen LogP) is 1.86. The monoisotopic (exact) mass is 246 g/mol. The normalized spacial score (nSPS) is 10.8. The molecule has 0 radical (unpaired) electrons. The molecule has 94 valence electrons. The summed E-state index contributed by atoms with van der Waals surface area (Å²) >= 11 is 0. The van der Waals surface area contributed by atoms with Gasteiger partial charge in [0.25, 0.3) is 0 Å². The van der Waals surface area contributed by atoms with Crippen LogP contribution in [0.2, 0.25) is 0 Å². The van der Waals surface area contributed by atoms with Crippen LogP contribution in [0.15, 0.2) is 40.9 Å². The lowest BCUT2D eigenvalue weighted by Gasteiger charge is -2.10. The van der Waals surface area contributed by atoms with E-state index in [9.17, 15) is 4.79 Å². The fourth-order valence-corrected chi connectivity index (χ4v) is 1.69. The Morgan fingerprint density at radius 1 is 1.39 bits per heavy atom. The molecule has 0 aliphatic rings. The molecule has 1 N–H and O–H groups in total. The van der Waals surface area contributed by atoms with E-state index in [1.165, 1.54) is 0 Å². The van der Waals surface area contributed by atoms with E-state index in [4.69, 9.17) is 9.63 Å². The summed E-state index contributed by atoms with van der Waals surface area (Å²) in [6.07, 6.45) is 0. The average Bonchev–Trinajstić information content (AvgIpc) is 2.77. The molecule has 18 heavy (non-hydrogen) atoms. The molecule has 1 heterocycles. The molecule has 2 aromatic rings. The van der Waals surface area contributed by atoms with E-state index in [0.717, 1.165) is 11.3 Å². The van der Waals surface area contributed by atoms with E-state index in [0.29, 0.717) is 12.3 Å². The Morgan fingerprint density at radius 3 is 2.78 bits per heavy atom. The summed E-state index contributed by atoms with van der Waals surface area (Å²) in [5, 5.41) is 12.6. The number of rotatable bonds is 5. The highest BCUT2D eigenvalue weighted by molar-refractivity contribution is 5.69. The summed E-state index contributed by atoms with van der Waals surface area (Å²) < 4.78 is 5.19. The molecular weight excluding hydrogens is 232 g/mol. The van der Waals surface area contributed by atoms with Crippen molar-refractivity contribution in [3.05, 3.63) is 42.2 Å². The number of carboxylic acid groups (broad SMARTS) is 1. The molecule has 5 heteroatoms. The van der Waals surface area contributed by atoms with Crippen molar-refractivity contribution in [2.24, 2.45) is 0 Å². The topological polar surface area (TPSA) is 66.6 Å². The maximum Gasteiger partial charge on any atom is 0.317 e. The van der Waals surface area contributed by atoms with Gasteiger partial charge in [-0.05, 0) is 7.05 Å². The Hall–Kier alpha value is -2.14. The van der Waals surface area contributed by atoms with Crippen LogP contribution in [0.25, 0.3) is 11.3 Å². The zero-order valence-electron chi connectivity index (χ0n) is 10.0. The first kappa shape index (κ1) is 12.3. The van der Waals surface area contributed by atoms with Crippen LogP contribution in [0.1, 0.15) is 5.76 Å². The van der Waals surface area contributed by atoms with Crippen LogP contribution in [-0.4, -0.2) is 34.7 Å². The predicted molar refractivity (Wildman–Crippen MR) is 65.9 cm³/mol. The number of likely N-dealkylation sites (N-methyl/N-ethyl adjacent to an activating group) is 1. The first-order valence-electron chi connectivity index (χ1n) is 5.56. The molecule has 0 saturated carbocycles. The summed E-state index contributed by atoms with van der Waals surface area (Å²) in [5.74, 6) is -0.210. The number of nitrogens with zero attached hydrogens (tertiary/aromatic N) is 2. The minimum absolute atomic E-state index is 0.0264. The highest BCUT2D eigenvalue weighted by Crippen LogP contribution is 2.18. The van der Waals surface area contributed by atoms with E-state index in [1.54, 1.807) is 11.9 Å². The zero-order chi connectivity index (χ0) is 13.0. The van der Waals surface area contributed by atoms with E-state index in [2.05, 4.69) is 5.16 Å². The molecule has 0 unspecified atom stereocenters. The Bertz CT molecular complexity index is 522. The third-order valence-corrected chi connectivity index (χ3v) is 2.46. The number of carboxylic acids is 1. The molecule has 0 fully saturated rings. The van der Waals surface area contributed by atoms with Crippen molar-refractivity contribution in [1.82, 2.24) is 10.1 Å². The second-order valence-electron chi connectivity index (χ2n) is 4.11. The van der Waals surface area contributed by atoms with Crippen LogP contribution in [0.4, 0.5) is 0 Å². The van der Waals surface area contributed by atoms with E-state index >= 15 is 0 Å². The molecule has 0 bridgehead atoms. The van der Waals surface area contributed by atoms with Crippen molar-refractivity contribution in [3.8, 4) is 11.3 Å². The van der Waals surface area contributed by atoms with Crippen molar-refractivity contribution in [3.63, 3.8) is 0 Å². The van der Waals surface area contributed by atoms with Gasteiger partial charge in [0.2, 0.25) is 0 Å². The SMILES string of the molecule is CN(CC(=O)O)Cc1cc(-c2ccccc2)no1. The number of hydrogen-bond donors (Lipinski definition) is 1. The van der Waals surface area contributed by atoms with Crippen molar-refractivity contribution < 1.29 is 14.4 Å². The van der Waals surface area contributed by atoms with Gasteiger partial charge in [-0.2, -0.15) is 0 Å². The summed E-state index contributed by atoms with van der Waals surface area (Å²) in [7, 11) is 1.72. The van der Waals surface area contributed by atoms with Crippen LogP contribution in [0, 0.1) is 0 Å². The number of hydrogen-bond acceptors (Lipinski definition) is 4. The summed E-state index contributed by atoms with van der Waals surface area (Å²) in [4.78, 5) is 12.2. The largest absolute Gasteiger partial charge is 0.480 e. The second-order valence-corrected chi connectivity index (χ2v) is 4.11. The number of benzene rings is 1. The third-order valence-electron chi connectivity index (χ3n) is 2.46. The van der Waals surface area contributed by atoms with Crippen molar-refractivity contribution >= 4 is 5.97 Å². The quantitative estimate of drug-likeness (QED) is 0.872. The second kappa shape index (κ2) is 5.46. The first-order chi connectivity index (χ1) is 8.65. The molecular formula is C13H14N2O3. The highest BCUT2D eigenvalue weighted by Gasteiger charge is 2.10. The molecule has 0 amide bonds. The van der Waals surface area contributed by atoms with Gasteiger partial charge < -0.3 is 9.63 Å². The van der Waals surface area contributed by atoms with E-state index < -0.39 is 5.97 Å². The Kier molecular flexibility index (Phi) is 3.74. The van der Waals surface area contributed by atoms with Crippen LogP contribution in [-0.2, 0) is 11.3 Å². The van der Waals surface area contributed by atoms with Crippen LogP contribution < -0.4 is 0 Å². The van der Waals surface area contributed by atoms with Gasteiger partial charge in [-0.1, -0.05) is 35.5 Å². The standard InChI is InChI=1S/C13H14N2O3/c1-15(9-13(16)17)8-11-7-12(14-18-11)10-5-3-2-4-6-10/h2-7H,8-9H2,1H3,(H,16,17). The third kappa shape index (κ3) is 3.18. The summed E-state index contributed by atoms with van der Waals surface area (Å²) in [6, 6.07) is 11.5. The maximum absolute atomic E-state index is 10.5. The number of aliphatic carboxylic acids is 1. The van der Waals surface area contributed by atoms with Gasteiger partial charge in [0.05, 0.1) is 13.1 Å². The van der Waals surface area contributed by atoms with Crippen LogP contribution in [0.3, 0.4) is 0 Å². The van der Waals surface area contributed by atoms with Gasteiger partial charge in [-0.25, -0.2) is 0 Å². The van der Waals surface area contributed by atoms with Crippen LogP contribution >= 0.6 is 0 Å². The van der Waals surface area contributed by atoms with Gasteiger partial charge >= 0.3 is 5.97 Å². The van der Waals surface area contributed by atoms with Crippen molar-refractivity contribution in [2.45, 2.75) is 6.54 Å².